The summed E-state index contributed by atoms with van der Waals surface area (Å²) < 4.78 is 2.30. The number of aryl methyl sites for hydroxylation is 2. The van der Waals surface area contributed by atoms with E-state index in [9.17, 15) is 0 Å². The fourth-order valence-corrected chi connectivity index (χ4v) is 2.30. The molecule has 2 rings (SSSR count). The average Bonchev–Trinajstić information content (AvgIpc) is 2.61. The highest BCUT2D eigenvalue weighted by Crippen LogP contribution is 2.16. The van der Waals surface area contributed by atoms with Gasteiger partial charge in [-0.25, -0.2) is 0 Å². The molecule has 1 aromatic carbocycles. The maximum atomic E-state index is 4.55. The molecule has 0 aliphatic carbocycles. The molecule has 0 amide bonds. The summed E-state index contributed by atoms with van der Waals surface area (Å²) in [5, 5.41) is 0. The van der Waals surface area contributed by atoms with Gasteiger partial charge in [0.2, 0.25) is 0 Å². The van der Waals surface area contributed by atoms with Crippen LogP contribution in [0.2, 0.25) is 0 Å². The lowest BCUT2D eigenvalue weighted by Gasteiger charge is -2.04. The third kappa shape index (κ3) is 2.53. The first-order chi connectivity index (χ1) is 8.61. The number of nitrogens with zero attached hydrogens (tertiary/aromatic N) is 2. The van der Waals surface area contributed by atoms with Crippen molar-refractivity contribution in [1.29, 1.82) is 0 Å². The normalized spacial score (nSPS) is 11.3. The Morgan fingerprint density at radius 1 is 1.17 bits per heavy atom. The Morgan fingerprint density at radius 3 is 2.56 bits per heavy atom. The van der Waals surface area contributed by atoms with Gasteiger partial charge in [-0.2, -0.15) is 0 Å². The van der Waals surface area contributed by atoms with E-state index in [2.05, 4.69) is 55.5 Å². The molecule has 0 N–H and O–H groups in total. The van der Waals surface area contributed by atoms with Crippen molar-refractivity contribution in [3.8, 4) is 0 Å². The Balaban J connectivity index is 2.29. The second kappa shape index (κ2) is 5.21. The van der Waals surface area contributed by atoms with E-state index in [1.54, 1.807) is 0 Å². The highest BCUT2D eigenvalue weighted by molar-refractivity contribution is 5.83. The Labute approximate surface area is 109 Å². The van der Waals surface area contributed by atoms with E-state index in [0.717, 1.165) is 12.2 Å². The first-order valence-corrected chi connectivity index (χ1v) is 6.39. The SMILES string of the molecule is CCn1c(C)cc(C=Nc2cccc(C)c2)c1C. The van der Waals surface area contributed by atoms with E-state index in [1.165, 1.54) is 22.5 Å². The van der Waals surface area contributed by atoms with Crippen LogP contribution in [0.4, 0.5) is 5.69 Å². The van der Waals surface area contributed by atoms with Crippen LogP contribution in [0.25, 0.3) is 0 Å². The molecule has 0 radical (unpaired) electrons. The molecule has 2 nitrogen and oxygen atoms in total. The van der Waals surface area contributed by atoms with E-state index in [4.69, 9.17) is 0 Å². The van der Waals surface area contributed by atoms with Gasteiger partial charge in [-0.15, -0.1) is 0 Å². The fourth-order valence-electron chi connectivity index (χ4n) is 2.30. The largest absolute Gasteiger partial charge is 0.349 e. The van der Waals surface area contributed by atoms with Crippen LogP contribution < -0.4 is 0 Å². The zero-order valence-electron chi connectivity index (χ0n) is 11.6. The molecular weight excluding hydrogens is 220 g/mol. The Bertz CT molecular complexity index is 577. The zero-order valence-corrected chi connectivity index (χ0v) is 11.6. The van der Waals surface area contributed by atoms with Crippen LogP contribution in [0.1, 0.15) is 29.4 Å². The maximum Gasteiger partial charge on any atom is 0.0632 e. The van der Waals surface area contributed by atoms with Crippen LogP contribution in [0.5, 0.6) is 0 Å². The predicted molar refractivity (Wildman–Crippen MR) is 78.0 cm³/mol. The molecule has 0 bridgehead atoms. The van der Waals surface area contributed by atoms with Crippen molar-refractivity contribution in [3.63, 3.8) is 0 Å². The molecule has 2 heteroatoms. The summed E-state index contributed by atoms with van der Waals surface area (Å²) in [7, 11) is 0. The monoisotopic (exact) mass is 240 g/mol. The Kier molecular flexibility index (Phi) is 3.66. The summed E-state index contributed by atoms with van der Waals surface area (Å²) in [6.07, 6.45) is 1.96. The topological polar surface area (TPSA) is 17.3 Å². The molecule has 18 heavy (non-hydrogen) atoms. The lowest BCUT2D eigenvalue weighted by molar-refractivity contribution is 0.718. The summed E-state index contributed by atoms with van der Waals surface area (Å²) in [5.41, 5.74) is 6.03. The van der Waals surface area contributed by atoms with Gasteiger partial charge in [0.1, 0.15) is 0 Å². The zero-order chi connectivity index (χ0) is 13.1. The van der Waals surface area contributed by atoms with Crippen molar-refractivity contribution in [2.45, 2.75) is 34.2 Å². The van der Waals surface area contributed by atoms with E-state index < -0.39 is 0 Å². The van der Waals surface area contributed by atoms with Crippen LogP contribution in [-0.2, 0) is 6.54 Å². The third-order valence-electron chi connectivity index (χ3n) is 3.28. The second-order valence-corrected chi connectivity index (χ2v) is 4.67. The van der Waals surface area contributed by atoms with E-state index in [1.807, 2.05) is 18.3 Å². The number of aliphatic imine (C=N–C) groups is 1. The summed E-state index contributed by atoms with van der Waals surface area (Å²) in [6.45, 7) is 9.55. The minimum Gasteiger partial charge on any atom is -0.349 e. The molecule has 0 spiro atoms. The smallest absolute Gasteiger partial charge is 0.0632 e. The van der Waals surface area contributed by atoms with Gasteiger partial charge in [0.15, 0.2) is 0 Å². The number of benzene rings is 1. The number of rotatable bonds is 3. The van der Waals surface area contributed by atoms with E-state index >= 15 is 0 Å². The quantitative estimate of drug-likeness (QED) is 0.716. The van der Waals surface area contributed by atoms with Gasteiger partial charge in [-0.3, -0.25) is 4.99 Å². The summed E-state index contributed by atoms with van der Waals surface area (Å²) >= 11 is 0. The molecule has 94 valence electrons. The molecule has 0 saturated heterocycles. The predicted octanol–water partition coefficient (Wildman–Crippen LogP) is 4.18. The van der Waals surface area contributed by atoms with Gasteiger partial charge in [0.25, 0.3) is 0 Å². The molecule has 0 unspecified atom stereocenters. The highest BCUT2D eigenvalue weighted by Gasteiger charge is 2.05. The molecule has 0 fully saturated rings. The average molecular weight is 240 g/mol. The van der Waals surface area contributed by atoms with Crippen molar-refractivity contribution in [2.75, 3.05) is 0 Å². The molecule has 0 aliphatic rings. The lowest BCUT2D eigenvalue weighted by atomic mass is 10.2. The number of hydrogen-bond donors (Lipinski definition) is 0. The first kappa shape index (κ1) is 12.6. The standard InChI is InChI=1S/C16H20N2/c1-5-18-13(3)10-15(14(18)4)11-17-16-8-6-7-12(2)9-16/h6-11H,5H2,1-4H3. The summed E-state index contributed by atoms with van der Waals surface area (Å²) in [4.78, 5) is 4.55. The van der Waals surface area contributed by atoms with Crippen LogP contribution in [-0.4, -0.2) is 10.8 Å². The maximum absolute atomic E-state index is 4.55. The van der Waals surface area contributed by atoms with Gasteiger partial charge >= 0.3 is 0 Å². The fraction of sp³-hybridized carbons (Fsp3) is 0.312. The van der Waals surface area contributed by atoms with E-state index in [-0.39, 0.29) is 0 Å². The minimum atomic E-state index is 1.01. The van der Waals surface area contributed by atoms with Gasteiger partial charge in [0, 0.05) is 29.7 Å². The van der Waals surface area contributed by atoms with Gasteiger partial charge < -0.3 is 4.57 Å². The summed E-state index contributed by atoms with van der Waals surface area (Å²) in [6, 6.07) is 10.4. The number of aromatic nitrogens is 1. The van der Waals surface area contributed by atoms with Crippen molar-refractivity contribution in [1.82, 2.24) is 4.57 Å². The number of hydrogen-bond acceptors (Lipinski definition) is 1. The van der Waals surface area contributed by atoms with Gasteiger partial charge in [-0.05, 0) is 51.5 Å². The van der Waals surface area contributed by atoms with Crippen molar-refractivity contribution < 1.29 is 0 Å². The summed E-state index contributed by atoms with van der Waals surface area (Å²) in [5.74, 6) is 0. The molecule has 0 aliphatic heterocycles. The Morgan fingerprint density at radius 2 is 1.94 bits per heavy atom. The van der Waals surface area contributed by atoms with Crippen LogP contribution in [0.15, 0.2) is 35.3 Å². The van der Waals surface area contributed by atoms with Crippen molar-refractivity contribution >= 4 is 11.9 Å². The molecular formula is C16H20N2. The van der Waals surface area contributed by atoms with Crippen LogP contribution >= 0.6 is 0 Å². The van der Waals surface area contributed by atoms with Crippen LogP contribution in [0, 0.1) is 20.8 Å². The third-order valence-corrected chi connectivity index (χ3v) is 3.28. The van der Waals surface area contributed by atoms with E-state index in [0.29, 0.717) is 0 Å². The van der Waals surface area contributed by atoms with Crippen molar-refractivity contribution in [3.05, 3.63) is 52.8 Å². The second-order valence-electron chi connectivity index (χ2n) is 4.67. The van der Waals surface area contributed by atoms with Crippen LogP contribution in [0.3, 0.4) is 0 Å². The molecule has 1 aromatic heterocycles. The highest BCUT2D eigenvalue weighted by atomic mass is 15.0. The molecule has 1 heterocycles. The molecule has 2 aromatic rings. The first-order valence-electron chi connectivity index (χ1n) is 6.39. The lowest BCUT2D eigenvalue weighted by Crippen LogP contribution is -1.99. The molecule has 0 saturated carbocycles. The molecule has 0 atom stereocenters. The van der Waals surface area contributed by atoms with Crippen molar-refractivity contribution in [2.24, 2.45) is 4.99 Å². The Hall–Kier alpha value is -1.83. The van der Waals surface area contributed by atoms with Gasteiger partial charge in [0.05, 0.1) is 5.69 Å². The van der Waals surface area contributed by atoms with Gasteiger partial charge in [-0.1, -0.05) is 12.1 Å². The minimum absolute atomic E-state index is 1.01.